The van der Waals surface area contributed by atoms with Gasteiger partial charge < -0.3 is 19.7 Å². The van der Waals surface area contributed by atoms with Gasteiger partial charge in [0.2, 0.25) is 11.8 Å². The molecule has 11 heteroatoms. The second kappa shape index (κ2) is 13.3. The Morgan fingerprint density at radius 1 is 0.932 bits per heavy atom. The van der Waals surface area contributed by atoms with Crippen LogP contribution in [0.4, 0.5) is 0 Å². The van der Waals surface area contributed by atoms with E-state index in [0.29, 0.717) is 63.2 Å². The van der Waals surface area contributed by atoms with Crippen molar-refractivity contribution in [3.05, 3.63) is 70.3 Å². The first-order chi connectivity index (χ1) is 21.2. The van der Waals surface area contributed by atoms with Gasteiger partial charge in [-0.05, 0) is 64.3 Å². The molecule has 0 radical (unpaired) electrons. The molecule has 234 valence electrons. The van der Waals surface area contributed by atoms with Crippen molar-refractivity contribution in [1.82, 2.24) is 28.8 Å². The van der Waals surface area contributed by atoms with Crippen molar-refractivity contribution in [2.24, 2.45) is 0 Å². The first-order valence-corrected chi connectivity index (χ1v) is 16.0. The van der Waals surface area contributed by atoms with Crippen molar-refractivity contribution in [2.45, 2.75) is 58.5 Å². The summed E-state index contributed by atoms with van der Waals surface area (Å²) in [5.41, 5.74) is 3.35. The number of aromatic nitrogens is 3. The van der Waals surface area contributed by atoms with Crippen LogP contribution in [0, 0.1) is 0 Å². The number of fused-ring (bicyclic) bond motifs is 2. The number of rotatable bonds is 10. The van der Waals surface area contributed by atoms with Crippen LogP contribution in [0.3, 0.4) is 0 Å². The maximum absolute atomic E-state index is 13.7. The number of nitrogens with one attached hydrogen (secondary N) is 1. The third kappa shape index (κ3) is 5.75. The number of carbonyl (C=O) groups excluding carboxylic acids is 3. The molecule has 0 spiro atoms. The lowest BCUT2D eigenvalue weighted by molar-refractivity contribution is -0.131. The zero-order valence-corrected chi connectivity index (χ0v) is 26.6. The summed E-state index contributed by atoms with van der Waals surface area (Å²) in [7, 11) is 0. The molecule has 10 nitrogen and oxygen atoms in total. The van der Waals surface area contributed by atoms with Gasteiger partial charge in [0, 0.05) is 62.4 Å². The Morgan fingerprint density at radius 2 is 1.57 bits per heavy atom. The van der Waals surface area contributed by atoms with E-state index < -0.39 is 5.38 Å². The number of nitrogens with zero attached hydrogens (tertiary/aromatic N) is 5. The number of benzene rings is 2. The average molecular weight is 621 g/mol. The molecule has 0 bridgehead atoms. The lowest BCUT2D eigenvalue weighted by Crippen LogP contribution is -2.41. The van der Waals surface area contributed by atoms with Crippen molar-refractivity contribution in [2.75, 3.05) is 39.3 Å². The fourth-order valence-electron chi connectivity index (χ4n) is 6.36. The highest BCUT2D eigenvalue weighted by molar-refractivity contribution is 6.30. The van der Waals surface area contributed by atoms with Crippen molar-refractivity contribution in [3.63, 3.8) is 0 Å². The molecule has 1 aliphatic heterocycles. The molecule has 5 rings (SSSR count). The largest absolute Gasteiger partial charge is 0.360 e. The number of likely N-dealkylation sites (N-methyl/N-ethyl adjacent to an activating group) is 2. The highest BCUT2D eigenvalue weighted by Gasteiger charge is 2.30. The number of amides is 3. The van der Waals surface area contributed by atoms with Gasteiger partial charge in [0.05, 0.1) is 16.6 Å². The van der Waals surface area contributed by atoms with E-state index in [2.05, 4.69) is 4.98 Å². The van der Waals surface area contributed by atoms with Crippen LogP contribution in [0.1, 0.15) is 67.9 Å². The van der Waals surface area contributed by atoms with Crippen LogP contribution >= 0.6 is 11.6 Å². The topological polar surface area (TPSA) is 104 Å². The summed E-state index contributed by atoms with van der Waals surface area (Å²) in [4.78, 5) is 61.5. The molecule has 1 aliphatic rings. The van der Waals surface area contributed by atoms with E-state index in [1.807, 2.05) is 79.6 Å². The Bertz CT molecular complexity index is 1720. The van der Waals surface area contributed by atoms with E-state index in [-0.39, 0.29) is 36.0 Å². The van der Waals surface area contributed by atoms with E-state index >= 15 is 0 Å². The van der Waals surface area contributed by atoms with Gasteiger partial charge in [-0.2, -0.15) is 0 Å². The molecule has 3 amide bonds. The number of alkyl halides is 1. The minimum Gasteiger partial charge on any atom is -0.360 e. The quantitative estimate of drug-likeness (QED) is 0.258. The number of imidazole rings is 1. The third-order valence-corrected chi connectivity index (χ3v) is 9.35. The summed E-state index contributed by atoms with van der Waals surface area (Å²) in [5, 5.41) is -0.0253. The Morgan fingerprint density at radius 3 is 2.20 bits per heavy atom. The van der Waals surface area contributed by atoms with Crippen LogP contribution in [0.15, 0.2) is 53.5 Å². The Hall–Kier alpha value is -4.05. The fraction of sp³-hybridized carbons (Fsp3) is 0.455. The zero-order chi connectivity index (χ0) is 31.5. The van der Waals surface area contributed by atoms with Crippen molar-refractivity contribution in [3.8, 4) is 0 Å². The van der Waals surface area contributed by atoms with Gasteiger partial charge in [0.1, 0.15) is 11.9 Å². The number of halogens is 1. The lowest BCUT2D eigenvalue weighted by Gasteiger charge is -2.32. The molecule has 3 heterocycles. The van der Waals surface area contributed by atoms with E-state index in [0.717, 1.165) is 21.9 Å². The highest BCUT2D eigenvalue weighted by Crippen LogP contribution is 2.30. The Kier molecular flexibility index (Phi) is 9.48. The van der Waals surface area contributed by atoms with E-state index in [1.165, 1.54) is 0 Å². The lowest BCUT2D eigenvalue weighted by atomic mass is 10.0. The molecule has 1 unspecified atom stereocenters. The van der Waals surface area contributed by atoms with Gasteiger partial charge in [0.25, 0.3) is 5.91 Å². The first kappa shape index (κ1) is 31.4. The van der Waals surface area contributed by atoms with Gasteiger partial charge in [-0.25, -0.2) is 4.79 Å². The minimum absolute atomic E-state index is 0.00171. The smallest absolute Gasteiger partial charge is 0.329 e. The Labute approximate surface area is 262 Å². The number of carbonyl (C=O) groups is 3. The molecule has 1 N–H and O–H groups in total. The molecular weight excluding hydrogens is 580 g/mol. The standard InChI is InChI=1S/C33H41ClN6O4/c1-5-36(6-2)29(41)21-39-27-11-9-10-12-28(27)40(33(39)44)23-15-17-38(18-16-23)31(42)25-20-35-26-19-22(13-14-24(25)26)30(34)32(43)37(7-3)8-4/h9-14,19-20,23,30,35H,5-8,15-18,21H2,1-4H3. The van der Waals surface area contributed by atoms with Crippen LogP contribution in [0.2, 0.25) is 0 Å². The third-order valence-electron chi connectivity index (χ3n) is 8.92. The number of likely N-dealkylation sites (tertiary alicyclic amines) is 1. The van der Waals surface area contributed by atoms with E-state index in [4.69, 9.17) is 11.6 Å². The maximum atomic E-state index is 13.7. The molecule has 44 heavy (non-hydrogen) atoms. The highest BCUT2D eigenvalue weighted by atomic mass is 35.5. The summed E-state index contributed by atoms with van der Waals surface area (Å²) in [6.45, 7) is 11.1. The van der Waals surface area contributed by atoms with Gasteiger partial charge in [-0.1, -0.05) is 24.3 Å². The monoisotopic (exact) mass is 620 g/mol. The summed E-state index contributed by atoms with van der Waals surface area (Å²) >= 11 is 6.54. The molecular formula is C33H41ClN6O4. The van der Waals surface area contributed by atoms with Crippen LogP contribution in [0.5, 0.6) is 0 Å². The second-order valence-corrected chi connectivity index (χ2v) is 11.6. The zero-order valence-electron chi connectivity index (χ0n) is 25.9. The summed E-state index contributed by atoms with van der Waals surface area (Å²) in [5.74, 6) is -0.300. The number of aromatic amines is 1. The predicted molar refractivity (Wildman–Crippen MR) is 173 cm³/mol. The van der Waals surface area contributed by atoms with Gasteiger partial charge in [0.15, 0.2) is 0 Å². The van der Waals surface area contributed by atoms with Crippen LogP contribution in [-0.4, -0.2) is 85.8 Å². The molecule has 1 saturated heterocycles. The second-order valence-electron chi connectivity index (χ2n) is 11.2. The Balaban J connectivity index is 1.32. The molecule has 0 saturated carbocycles. The molecule has 2 aromatic carbocycles. The summed E-state index contributed by atoms with van der Waals surface area (Å²) < 4.78 is 3.39. The predicted octanol–water partition coefficient (Wildman–Crippen LogP) is 4.78. The first-order valence-electron chi connectivity index (χ1n) is 15.5. The molecule has 1 atom stereocenters. The van der Waals surface area contributed by atoms with Crippen LogP contribution < -0.4 is 5.69 Å². The number of hydrogen-bond acceptors (Lipinski definition) is 4. The van der Waals surface area contributed by atoms with Crippen molar-refractivity contribution in [1.29, 1.82) is 0 Å². The van der Waals surface area contributed by atoms with Gasteiger partial charge in [-0.15, -0.1) is 11.6 Å². The molecule has 4 aromatic rings. The number of H-pyrrole nitrogens is 1. The van der Waals surface area contributed by atoms with Crippen LogP contribution in [0.25, 0.3) is 21.9 Å². The van der Waals surface area contributed by atoms with Gasteiger partial charge in [-0.3, -0.25) is 23.5 Å². The van der Waals surface area contributed by atoms with Crippen LogP contribution in [-0.2, 0) is 16.1 Å². The average Bonchev–Trinajstić information content (AvgIpc) is 3.59. The number of para-hydroxylation sites is 2. The number of hydrogen-bond donors (Lipinski definition) is 1. The van der Waals surface area contributed by atoms with Gasteiger partial charge >= 0.3 is 5.69 Å². The maximum Gasteiger partial charge on any atom is 0.329 e. The SMILES string of the molecule is CCN(CC)C(=O)Cn1c(=O)n(C2CCN(C(=O)c3c[nH]c4cc(C(Cl)C(=O)N(CC)CC)ccc34)CC2)c2ccccc21. The summed E-state index contributed by atoms with van der Waals surface area (Å²) in [6.07, 6.45) is 2.96. The fourth-order valence-corrected chi connectivity index (χ4v) is 6.64. The molecule has 2 aromatic heterocycles. The van der Waals surface area contributed by atoms with E-state index in [9.17, 15) is 19.2 Å². The minimum atomic E-state index is -0.800. The van der Waals surface area contributed by atoms with Crippen molar-refractivity contribution < 1.29 is 14.4 Å². The number of piperidine rings is 1. The normalized spacial score (nSPS) is 14.7. The molecule has 0 aliphatic carbocycles. The van der Waals surface area contributed by atoms with E-state index in [1.54, 1.807) is 20.6 Å². The molecule has 1 fully saturated rings. The van der Waals surface area contributed by atoms with Crippen molar-refractivity contribution >= 4 is 51.3 Å². The summed E-state index contributed by atoms with van der Waals surface area (Å²) in [6, 6.07) is 13.0.